The highest BCUT2D eigenvalue weighted by Gasteiger charge is 2.28. The van der Waals surface area contributed by atoms with Crippen LogP contribution in [0.15, 0.2) is 18.2 Å². The molecule has 0 heterocycles. The molecule has 0 aromatic heterocycles. The maximum absolute atomic E-state index is 13.4. The zero-order valence-corrected chi connectivity index (χ0v) is 9.21. The molecule has 1 aromatic carbocycles. The van der Waals surface area contributed by atoms with E-state index in [9.17, 15) is 18.4 Å². The number of benzene rings is 1. The zero-order valence-electron chi connectivity index (χ0n) is 9.21. The normalized spacial score (nSPS) is 20.4. The van der Waals surface area contributed by atoms with Crippen LogP contribution in [0.3, 0.4) is 0 Å². The summed E-state index contributed by atoms with van der Waals surface area (Å²) >= 11 is 0. The van der Waals surface area contributed by atoms with Gasteiger partial charge >= 0.3 is 0 Å². The molecule has 90 valence electrons. The standard InChI is InChI=1S/C13H12F2O2/c14-11-6-2-5-10(12(11)15)13(17)8-3-1-4-9(16)7-8/h2,5-6,8H,1,3-4,7H2. The smallest absolute Gasteiger partial charge is 0.169 e. The Morgan fingerprint density at radius 3 is 2.76 bits per heavy atom. The van der Waals surface area contributed by atoms with Crippen molar-refractivity contribution in [2.45, 2.75) is 25.7 Å². The largest absolute Gasteiger partial charge is 0.300 e. The van der Waals surface area contributed by atoms with Crippen LogP contribution in [0.25, 0.3) is 0 Å². The van der Waals surface area contributed by atoms with Gasteiger partial charge in [-0.2, -0.15) is 0 Å². The molecule has 0 spiro atoms. The van der Waals surface area contributed by atoms with E-state index in [0.717, 1.165) is 6.07 Å². The SMILES string of the molecule is O=C1CCCC(C(=O)c2cccc(F)c2F)C1. The minimum atomic E-state index is -1.12. The van der Waals surface area contributed by atoms with Crippen molar-refractivity contribution in [2.24, 2.45) is 5.92 Å². The van der Waals surface area contributed by atoms with Crippen LogP contribution in [0.4, 0.5) is 8.78 Å². The molecule has 1 fully saturated rings. The Bertz CT molecular complexity index is 468. The second-order valence-electron chi connectivity index (χ2n) is 4.30. The molecular weight excluding hydrogens is 226 g/mol. The molecule has 1 atom stereocenters. The summed E-state index contributed by atoms with van der Waals surface area (Å²) in [6, 6.07) is 3.54. The molecule has 0 radical (unpaired) electrons. The Kier molecular flexibility index (Phi) is 3.31. The summed E-state index contributed by atoms with van der Waals surface area (Å²) in [6.07, 6.45) is 1.84. The van der Waals surface area contributed by atoms with Crippen molar-refractivity contribution in [3.05, 3.63) is 35.4 Å². The molecule has 1 saturated carbocycles. The molecule has 1 aromatic rings. The van der Waals surface area contributed by atoms with E-state index in [2.05, 4.69) is 0 Å². The fraction of sp³-hybridized carbons (Fsp3) is 0.385. The molecule has 1 aliphatic rings. The minimum Gasteiger partial charge on any atom is -0.300 e. The van der Waals surface area contributed by atoms with Gasteiger partial charge in [0.1, 0.15) is 5.78 Å². The Morgan fingerprint density at radius 2 is 2.06 bits per heavy atom. The van der Waals surface area contributed by atoms with E-state index in [-0.39, 0.29) is 17.8 Å². The molecule has 0 saturated heterocycles. The molecule has 0 N–H and O–H groups in total. The number of hydrogen-bond donors (Lipinski definition) is 0. The number of halogens is 2. The monoisotopic (exact) mass is 238 g/mol. The van der Waals surface area contributed by atoms with Gasteiger partial charge in [0.25, 0.3) is 0 Å². The molecule has 2 nitrogen and oxygen atoms in total. The van der Waals surface area contributed by atoms with Gasteiger partial charge in [0.05, 0.1) is 5.56 Å². The number of carbonyl (C=O) groups is 2. The van der Waals surface area contributed by atoms with Gasteiger partial charge < -0.3 is 0 Å². The van der Waals surface area contributed by atoms with Crippen LogP contribution in [-0.2, 0) is 4.79 Å². The Hall–Kier alpha value is -1.58. The lowest BCUT2D eigenvalue weighted by Crippen LogP contribution is -2.23. The van der Waals surface area contributed by atoms with Gasteiger partial charge in [-0.1, -0.05) is 6.07 Å². The highest BCUT2D eigenvalue weighted by atomic mass is 19.2. The molecule has 0 aliphatic heterocycles. The summed E-state index contributed by atoms with van der Waals surface area (Å²) in [5.74, 6) is -3.08. The predicted molar refractivity (Wildman–Crippen MR) is 57.7 cm³/mol. The average molecular weight is 238 g/mol. The van der Waals surface area contributed by atoms with E-state index in [0.29, 0.717) is 19.3 Å². The fourth-order valence-corrected chi connectivity index (χ4v) is 2.16. The van der Waals surface area contributed by atoms with E-state index in [1.165, 1.54) is 12.1 Å². The first-order chi connectivity index (χ1) is 8.09. The van der Waals surface area contributed by atoms with Crippen molar-refractivity contribution in [3.63, 3.8) is 0 Å². The van der Waals surface area contributed by atoms with Crippen LogP contribution in [0.1, 0.15) is 36.0 Å². The minimum absolute atomic E-state index is 0.0198. The first-order valence-electron chi connectivity index (χ1n) is 5.59. The topological polar surface area (TPSA) is 34.1 Å². The van der Waals surface area contributed by atoms with E-state index >= 15 is 0 Å². The van der Waals surface area contributed by atoms with E-state index in [1.54, 1.807) is 0 Å². The van der Waals surface area contributed by atoms with Crippen LogP contribution in [0.2, 0.25) is 0 Å². The van der Waals surface area contributed by atoms with Crippen molar-refractivity contribution in [3.8, 4) is 0 Å². The maximum atomic E-state index is 13.4. The molecular formula is C13H12F2O2. The lowest BCUT2D eigenvalue weighted by Gasteiger charge is -2.19. The maximum Gasteiger partial charge on any atom is 0.169 e. The van der Waals surface area contributed by atoms with Gasteiger partial charge in [-0.25, -0.2) is 8.78 Å². The third kappa shape index (κ3) is 2.40. The second kappa shape index (κ2) is 4.73. The number of carbonyl (C=O) groups excluding carboxylic acids is 2. The first-order valence-corrected chi connectivity index (χ1v) is 5.59. The second-order valence-corrected chi connectivity index (χ2v) is 4.30. The van der Waals surface area contributed by atoms with Gasteiger partial charge in [0, 0.05) is 18.8 Å². The van der Waals surface area contributed by atoms with E-state index in [1.807, 2.05) is 0 Å². The Morgan fingerprint density at radius 1 is 1.29 bits per heavy atom. The summed E-state index contributed by atoms with van der Waals surface area (Å²) in [5, 5.41) is 0. The third-order valence-electron chi connectivity index (χ3n) is 3.07. The molecule has 1 unspecified atom stereocenters. The summed E-state index contributed by atoms with van der Waals surface area (Å²) in [7, 11) is 0. The van der Waals surface area contributed by atoms with Gasteiger partial charge in [-0.05, 0) is 25.0 Å². The predicted octanol–water partition coefficient (Wildman–Crippen LogP) is 2.91. The fourth-order valence-electron chi connectivity index (χ4n) is 2.16. The zero-order chi connectivity index (χ0) is 12.4. The van der Waals surface area contributed by atoms with Crippen molar-refractivity contribution >= 4 is 11.6 Å². The average Bonchev–Trinajstić information content (AvgIpc) is 2.32. The quantitative estimate of drug-likeness (QED) is 0.742. The summed E-state index contributed by atoms with van der Waals surface area (Å²) < 4.78 is 26.4. The van der Waals surface area contributed by atoms with Crippen LogP contribution < -0.4 is 0 Å². The lowest BCUT2D eigenvalue weighted by molar-refractivity contribution is -0.121. The Labute approximate surface area is 97.6 Å². The van der Waals surface area contributed by atoms with E-state index < -0.39 is 23.3 Å². The van der Waals surface area contributed by atoms with Gasteiger partial charge in [0.15, 0.2) is 17.4 Å². The van der Waals surface area contributed by atoms with Gasteiger partial charge in [-0.3, -0.25) is 9.59 Å². The van der Waals surface area contributed by atoms with Crippen LogP contribution in [-0.4, -0.2) is 11.6 Å². The van der Waals surface area contributed by atoms with E-state index in [4.69, 9.17) is 0 Å². The molecule has 0 amide bonds. The highest BCUT2D eigenvalue weighted by molar-refractivity contribution is 6.00. The molecule has 17 heavy (non-hydrogen) atoms. The summed E-state index contributed by atoms with van der Waals surface area (Å²) in [5.41, 5.74) is -0.246. The first kappa shape index (κ1) is 11.9. The lowest BCUT2D eigenvalue weighted by atomic mass is 9.83. The summed E-state index contributed by atoms with van der Waals surface area (Å²) in [6.45, 7) is 0. The molecule has 0 bridgehead atoms. The van der Waals surface area contributed by atoms with Crippen molar-refractivity contribution < 1.29 is 18.4 Å². The van der Waals surface area contributed by atoms with Crippen molar-refractivity contribution in [1.29, 1.82) is 0 Å². The third-order valence-corrected chi connectivity index (χ3v) is 3.07. The number of Topliss-reactive ketones (excluding diaryl/α,β-unsaturated/α-hetero) is 2. The molecule has 1 aliphatic carbocycles. The number of rotatable bonds is 2. The van der Waals surface area contributed by atoms with Crippen LogP contribution in [0, 0.1) is 17.6 Å². The van der Waals surface area contributed by atoms with Crippen molar-refractivity contribution in [2.75, 3.05) is 0 Å². The Balaban J connectivity index is 2.24. The van der Waals surface area contributed by atoms with Crippen molar-refractivity contribution in [1.82, 2.24) is 0 Å². The van der Waals surface area contributed by atoms with Crippen LogP contribution in [0.5, 0.6) is 0 Å². The number of ketones is 2. The van der Waals surface area contributed by atoms with Gasteiger partial charge in [0.2, 0.25) is 0 Å². The van der Waals surface area contributed by atoms with Crippen LogP contribution >= 0.6 is 0 Å². The number of hydrogen-bond acceptors (Lipinski definition) is 2. The highest BCUT2D eigenvalue weighted by Crippen LogP contribution is 2.26. The molecule has 4 heteroatoms. The summed E-state index contributed by atoms with van der Waals surface area (Å²) in [4.78, 5) is 23.2. The molecule has 2 rings (SSSR count). The van der Waals surface area contributed by atoms with Gasteiger partial charge in [-0.15, -0.1) is 0 Å².